The van der Waals surface area contributed by atoms with E-state index in [1.54, 1.807) is 0 Å². The van der Waals surface area contributed by atoms with E-state index < -0.39 is 0 Å². The zero-order chi connectivity index (χ0) is 13.2. The van der Waals surface area contributed by atoms with Gasteiger partial charge >= 0.3 is 0 Å². The summed E-state index contributed by atoms with van der Waals surface area (Å²) in [4.78, 5) is 14.0. The van der Waals surface area contributed by atoms with Crippen LogP contribution in [-0.2, 0) is 11.2 Å². The summed E-state index contributed by atoms with van der Waals surface area (Å²) in [7, 11) is 0. The van der Waals surface area contributed by atoms with Gasteiger partial charge in [0.15, 0.2) is 0 Å². The van der Waals surface area contributed by atoms with E-state index in [0.717, 1.165) is 25.8 Å². The molecule has 1 aromatic rings. The maximum absolute atomic E-state index is 12.1. The molecule has 0 aromatic heterocycles. The van der Waals surface area contributed by atoms with Crippen LogP contribution in [0.25, 0.3) is 0 Å². The van der Waals surface area contributed by atoms with Gasteiger partial charge in [-0.1, -0.05) is 43.7 Å². The molecule has 0 aliphatic carbocycles. The number of aryl methyl sites for hydroxylation is 1. The molecule has 0 saturated carbocycles. The Morgan fingerprint density at radius 1 is 1.22 bits per heavy atom. The zero-order valence-corrected chi connectivity index (χ0v) is 11.8. The maximum atomic E-state index is 12.1. The summed E-state index contributed by atoms with van der Waals surface area (Å²) in [6.07, 6.45) is 3.54. The summed E-state index contributed by atoms with van der Waals surface area (Å²) in [5.74, 6) is 0.730. The molecule has 1 rings (SSSR count). The second-order valence-electron chi connectivity index (χ2n) is 4.41. The highest BCUT2D eigenvalue weighted by atomic mass is 35.5. The molecule has 0 unspecified atom stereocenters. The Morgan fingerprint density at radius 2 is 1.94 bits per heavy atom. The first-order chi connectivity index (χ1) is 8.77. The molecule has 0 saturated heterocycles. The van der Waals surface area contributed by atoms with Crippen molar-refractivity contribution in [3.05, 3.63) is 35.9 Å². The van der Waals surface area contributed by atoms with Crippen molar-refractivity contribution in [3.8, 4) is 0 Å². The fraction of sp³-hybridized carbons (Fsp3) is 0.533. The van der Waals surface area contributed by atoms with Crippen LogP contribution in [0, 0.1) is 0 Å². The highest BCUT2D eigenvalue weighted by Gasteiger charge is 2.11. The minimum Gasteiger partial charge on any atom is -0.341 e. The van der Waals surface area contributed by atoms with Crippen molar-refractivity contribution in [2.24, 2.45) is 0 Å². The molecular weight excluding hydrogens is 246 g/mol. The van der Waals surface area contributed by atoms with E-state index in [2.05, 4.69) is 19.1 Å². The molecule has 0 N–H and O–H groups in total. The van der Waals surface area contributed by atoms with Gasteiger partial charge in [0.2, 0.25) is 5.91 Å². The summed E-state index contributed by atoms with van der Waals surface area (Å²) in [5, 5.41) is 0. The smallest absolute Gasteiger partial charge is 0.222 e. The van der Waals surface area contributed by atoms with Crippen molar-refractivity contribution >= 4 is 17.5 Å². The molecule has 2 nitrogen and oxygen atoms in total. The predicted octanol–water partition coefficient (Wildman–Crippen LogP) is 3.49. The molecule has 0 aliphatic heterocycles. The average molecular weight is 268 g/mol. The summed E-state index contributed by atoms with van der Waals surface area (Å²) in [6.45, 7) is 3.62. The molecule has 0 bridgehead atoms. The summed E-state index contributed by atoms with van der Waals surface area (Å²) in [6, 6.07) is 10.1. The second-order valence-corrected chi connectivity index (χ2v) is 4.79. The number of nitrogens with zero attached hydrogens (tertiary/aromatic N) is 1. The molecule has 3 heteroatoms. The highest BCUT2D eigenvalue weighted by Crippen LogP contribution is 2.06. The van der Waals surface area contributed by atoms with Crippen LogP contribution in [0.2, 0.25) is 0 Å². The molecule has 100 valence electrons. The third kappa shape index (κ3) is 5.54. The number of hydrogen-bond acceptors (Lipinski definition) is 1. The molecule has 0 spiro atoms. The van der Waals surface area contributed by atoms with E-state index in [4.69, 9.17) is 11.6 Å². The van der Waals surface area contributed by atoms with E-state index in [0.29, 0.717) is 18.8 Å². The summed E-state index contributed by atoms with van der Waals surface area (Å²) in [5.41, 5.74) is 1.21. The van der Waals surface area contributed by atoms with Crippen molar-refractivity contribution in [1.29, 1.82) is 0 Å². The molecule has 1 amide bonds. The number of carbonyl (C=O) groups is 1. The maximum Gasteiger partial charge on any atom is 0.222 e. The van der Waals surface area contributed by atoms with Crippen LogP contribution >= 0.6 is 11.6 Å². The topological polar surface area (TPSA) is 20.3 Å². The van der Waals surface area contributed by atoms with Crippen molar-refractivity contribution in [3.63, 3.8) is 0 Å². The number of hydrogen-bond donors (Lipinski definition) is 0. The monoisotopic (exact) mass is 267 g/mol. The van der Waals surface area contributed by atoms with Gasteiger partial charge in [0, 0.05) is 25.4 Å². The molecule has 0 atom stereocenters. The average Bonchev–Trinajstić information content (AvgIpc) is 2.42. The Kier molecular flexibility index (Phi) is 7.51. The second kappa shape index (κ2) is 8.98. The standard InChI is InChI=1S/C15H22ClNO/c1-2-3-12-17(13-11-16)15(18)10-9-14-7-5-4-6-8-14/h4-8H,2-3,9-13H2,1H3. The van der Waals surface area contributed by atoms with Crippen LogP contribution in [0.4, 0.5) is 0 Å². The van der Waals surface area contributed by atoms with Crippen LogP contribution in [-0.4, -0.2) is 29.8 Å². The number of alkyl halides is 1. The van der Waals surface area contributed by atoms with E-state index in [9.17, 15) is 4.79 Å². The Bertz CT molecular complexity index is 340. The van der Waals surface area contributed by atoms with Crippen molar-refractivity contribution in [1.82, 2.24) is 4.90 Å². The van der Waals surface area contributed by atoms with E-state index in [1.165, 1.54) is 5.56 Å². The van der Waals surface area contributed by atoms with Crippen LogP contribution in [0.1, 0.15) is 31.7 Å². The third-order valence-corrected chi connectivity index (χ3v) is 3.13. The van der Waals surface area contributed by atoms with Crippen LogP contribution in [0.5, 0.6) is 0 Å². The lowest BCUT2D eigenvalue weighted by atomic mass is 10.1. The van der Waals surface area contributed by atoms with Gasteiger partial charge < -0.3 is 4.90 Å². The molecule has 0 heterocycles. The van der Waals surface area contributed by atoms with Gasteiger partial charge in [0.1, 0.15) is 0 Å². The molecule has 0 fully saturated rings. The molecule has 0 aliphatic rings. The Balaban J connectivity index is 2.40. The summed E-state index contributed by atoms with van der Waals surface area (Å²) < 4.78 is 0. The van der Waals surface area contributed by atoms with Crippen molar-refractivity contribution < 1.29 is 4.79 Å². The van der Waals surface area contributed by atoms with Crippen molar-refractivity contribution in [2.75, 3.05) is 19.0 Å². The lowest BCUT2D eigenvalue weighted by molar-refractivity contribution is -0.131. The first kappa shape index (κ1) is 15.0. The number of amides is 1. The molecule has 1 aromatic carbocycles. The quantitative estimate of drug-likeness (QED) is 0.661. The van der Waals surface area contributed by atoms with Crippen molar-refractivity contribution in [2.45, 2.75) is 32.6 Å². The lowest BCUT2D eigenvalue weighted by Gasteiger charge is -2.21. The van der Waals surface area contributed by atoms with Gasteiger partial charge in [0.25, 0.3) is 0 Å². The molecule has 18 heavy (non-hydrogen) atoms. The first-order valence-electron chi connectivity index (χ1n) is 6.65. The third-order valence-electron chi connectivity index (χ3n) is 2.96. The Labute approximate surface area is 115 Å². The van der Waals surface area contributed by atoms with Gasteiger partial charge in [-0.25, -0.2) is 0 Å². The fourth-order valence-corrected chi connectivity index (χ4v) is 2.07. The zero-order valence-electron chi connectivity index (χ0n) is 11.1. The van der Waals surface area contributed by atoms with Crippen LogP contribution < -0.4 is 0 Å². The van der Waals surface area contributed by atoms with Gasteiger partial charge in [0.05, 0.1) is 0 Å². The van der Waals surface area contributed by atoms with E-state index in [-0.39, 0.29) is 5.91 Å². The first-order valence-corrected chi connectivity index (χ1v) is 7.19. The van der Waals surface area contributed by atoms with Gasteiger partial charge in [-0.05, 0) is 18.4 Å². The molecule has 0 radical (unpaired) electrons. The van der Waals surface area contributed by atoms with Gasteiger partial charge in [-0.2, -0.15) is 0 Å². The lowest BCUT2D eigenvalue weighted by Crippen LogP contribution is -2.33. The van der Waals surface area contributed by atoms with Gasteiger partial charge in [-0.3, -0.25) is 4.79 Å². The van der Waals surface area contributed by atoms with Gasteiger partial charge in [-0.15, -0.1) is 11.6 Å². The normalized spacial score (nSPS) is 10.3. The number of benzene rings is 1. The fourth-order valence-electron chi connectivity index (χ4n) is 1.87. The number of unbranched alkanes of at least 4 members (excludes halogenated alkanes) is 1. The minimum atomic E-state index is 0.216. The Hall–Kier alpha value is -1.02. The largest absolute Gasteiger partial charge is 0.341 e. The van der Waals surface area contributed by atoms with Crippen LogP contribution in [0.15, 0.2) is 30.3 Å². The number of rotatable bonds is 8. The highest BCUT2D eigenvalue weighted by molar-refractivity contribution is 6.18. The minimum absolute atomic E-state index is 0.216. The predicted molar refractivity (Wildman–Crippen MR) is 77.0 cm³/mol. The number of halogens is 1. The Morgan fingerprint density at radius 3 is 2.56 bits per heavy atom. The van der Waals surface area contributed by atoms with E-state index in [1.807, 2.05) is 23.1 Å². The molecular formula is C15H22ClNO. The number of carbonyl (C=O) groups excluding carboxylic acids is 1. The summed E-state index contributed by atoms with van der Waals surface area (Å²) >= 11 is 5.74. The van der Waals surface area contributed by atoms with Crippen LogP contribution in [0.3, 0.4) is 0 Å². The SMILES string of the molecule is CCCCN(CCCl)C(=O)CCc1ccccc1. The van der Waals surface area contributed by atoms with E-state index >= 15 is 0 Å².